The number of rotatable bonds is 6. The van der Waals surface area contributed by atoms with E-state index in [1.54, 1.807) is 0 Å². The lowest BCUT2D eigenvalue weighted by molar-refractivity contribution is 0.318. The summed E-state index contributed by atoms with van der Waals surface area (Å²) in [5, 5.41) is 4.24. The first kappa shape index (κ1) is 14.7. The molecule has 0 amide bonds. The van der Waals surface area contributed by atoms with E-state index < -0.39 is 0 Å². The van der Waals surface area contributed by atoms with Gasteiger partial charge in [-0.25, -0.2) is 0 Å². The van der Waals surface area contributed by atoms with Crippen molar-refractivity contribution in [1.29, 1.82) is 0 Å². The molecular formula is C17H20ClNO. The van der Waals surface area contributed by atoms with Gasteiger partial charge >= 0.3 is 0 Å². The molecule has 2 nitrogen and oxygen atoms in total. The van der Waals surface area contributed by atoms with E-state index in [2.05, 4.69) is 19.2 Å². The Morgan fingerprint density at radius 1 is 1.10 bits per heavy atom. The molecule has 0 saturated heterocycles. The highest BCUT2D eigenvalue weighted by molar-refractivity contribution is 6.31. The van der Waals surface area contributed by atoms with Crippen molar-refractivity contribution in [3.8, 4) is 5.75 Å². The highest BCUT2D eigenvalue weighted by Crippen LogP contribution is 2.30. The summed E-state index contributed by atoms with van der Waals surface area (Å²) in [6.07, 6.45) is 0.994. The molecule has 0 spiro atoms. The minimum Gasteiger partial charge on any atom is -0.491 e. The van der Waals surface area contributed by atoms with Crippen LogP contribution in [0.1, 0.15) is 31.9 Å². The third-order valence-electron chi connectivity index (χ3n) is 3.09. The molecule has 0 aliphatic heterocycles. The fourth-order valence-electron chi connectivity index (χ4n) is 2.06. The molecule has 0 fully saturated rings. The third-order valence-corrected chi connectivity index (χ3v) is 3.44. The highest BCUT2D eigenvalue weighted by Gasteiger charge is 2.11. The van der Waals surface area contributed by atoms with Gasteiger partial charge in [0.15, 0.2) is 0 Å². The molecule has 0 heterocycles. The van der Waals surface area contributed by atoms with Crippen molar-refractivity contribution < 1.29 is 4.74 Å². The van der Waals surface area contributed by atoms with Crippen molar-refractivity contribution in [3.63, 3.8) is 0 Å². The van der Waals surface area contributed by atoms with Gasteiger partial charge in [-0.15, -0.1) is 0 Å². The third kappa shape index (κ3) is 3.67. The number of hydrogen-bond acceptors (Lipinski definition) is 2. The normalized spacial score (nSPS) is 11.9. The van der Waals surface area contributed by atoms with Gasteiger partial charge in [0, 0.05) is 5.02 Å². The van der Waals surface area contributed by atoms with Crippen LogP contribution in [-0.4, -0.2) is 6.61 Å². The Morgan fingerprint density at radius 2 is 1.80 bits per heavy atom. The van der Waals surface area contributed by atoms with Gasteiger partial charge in [0.25, 0.3) is 0 Å². The number of halogens is 1. The van der Waals surface area contributed by atoms with Crippen LogP contribution in [0.4, 0.5) is 5.69 Å². The summed E-state index contributed by atoms with van der Waals surface area (Å²) in [4.78, 5) is 0. The Hall–Kier alpha value is -1.67. The van der Waals surface area contributed by atoms with Crippen LogP contribution in [0.25, 0.3) is 0 Å². The minimum atomic E-state index is 0.120. The molecule has 3 heteroatoms. The monoisotopic (exact) mass is 289 g/mol. The van der Waals surface area contributed by atoms with Gasteiger partial charge < -0.3 is 10.1 Å². The maximum absolute atomic E-state index is 6.24. The van der Waals surface area contributed by atoms with Crippen molar-refractivity contribution in [2.24, 2.45) is 0 Å². The van der Waals surface area contributed by atoms with E-state index in [4.69, 9.17) is 16.3 Å². The van der Waals surface area contributed by atoms with E-state index in [1.165, 1.54) is 0 Å². The zero-order chi connectivity index (χ0) is 14.4. The Labute approximate surface area is 125 Å². The van der Waals surface area contributed by atoms with Gasteiger partial charge in [-0.05, 0) is 37.1 Å². The van der Waals surface area contributed by atoms with Crippen molar-refractivity contribution in [2.45, 2.75) is 26.3 Å². The number of nitrogens with one attached hydrogen (secondary N) is 1. The average Bonchev–Trinajstić information content (AvgIpc) is 2.46. The molecule has 1 N–H and O–H groups in total. The average molecular weight is 290 g/mol. The number of para-hydroxylation sites is 2. The molecule has 20 heavy (non-hydrogen) atoms. The lowest BCUT2D eigenvalue weighted by Gasteiger charge is -2.19. The summed E-state index contributed by atoms with van der Waals surface area (Å²) < 4.78 is 5.76. The van der Waals surface area contributed by atoms with Crippen molar-refractivity contribution in [3.05, 3.63) is 59.1 Å². The van der Waals surface area contributed by atoms with Crippen molar-refractivity contribution in [1.82, 2.24) is 0 Å². The quantitative estimate of drug-likeness (QED) is 0.779. The van der Waals surface area contributed by atoms with E-state index in [9.17, 15) is 0 Å². The fourth-order valence-corrected chi connectivity index (χ4v) is 2.36. The Kier molecular flexibility index (Phi) is 5.31. The van der Waals surface area contributed by atoms with E-state index in [0.29, 0.717) is 0 Å². The van der Waals surface area contributed by atoms with Gasteiger partial charge in [-0.3, -0.25) is 0 Å². The standard InChI is InChI=1S/C17H20ClNO/c1-3-12-20-17-11-7-6-10-16(17)19-13(2)14-8-4-5-9-15(14)18/h4-11,13,19H,3,12H2,1-2H3. The Morgan fingerprint density at radius 3 is 2.55 bits per heavy atom. The first-order valence-corrected chi connectivity index (χ1v) is 7.33. The first-order chi connectivity index (χ1) is 9.72. The number of benzene rings is 2. The molecule has 0 saturated carbocycles. The summed E-state index contributed by atoms with van der Waals surface area (Å²) in [6.45, 7) is 4.92. The van der Waals surface area contributed by atoms with Crippen LogP contribution in [0.3, 0.4) is 0 Å². The lowest BCUT2D eigenvalue weighted by Crippen LogP contribution is -2.09. The van der Waals surface area contributed by atoms with E-state index >= 15 is 0 Å². The molecule has 0 aliphatic carbocycles. The zero-order valence-electron chi connectivity index (χ0n) is 11.9. The number of ether oxygens (including phenoxy) is 1. The Balaban J connectivity index is 2.15. The first-order valence-electron chi connectivity index (χ1n) is 6.95. The SMILES string of the molecule is CCCOc1ccccc1NC(C)c1ccccc1Cl. The topological polar surface area (TPSA) is 21.3 Å². The molecule has 1 atom stereocenters. The zero-order valence-corrected chi connectivity index (χ0v) is 12.7. The molecule has 0 radical (unpaired) electrons. The van der Waals surface area contributed by atoms with Gasteiger partial charge in [0.2, 0.25) is 0 Å². The Bertz CT molecular complexity index is 556. The molecule has 2 aromatic carbocycles. The van der Waals surface area contributed by atoms with Crippen LogP contribution in [0, 0.1) is 0 Å². The molecular weight excluding hydrogens is 270 g/mol. The fraction of sp³-hybridized carbons (Fsp3) is 0.294. The predicted octanol–water partition coefficient (Wildman–Crippen LogP) is 5.30. The van der Waals surface area contributed by atoms with E-state index in [0.717, 1.165) is 35.1 Å². The second-order valence-corrected chi connectivity index (χ2v) is 5.14. The smallest absolute Gasteiger partial charge is 0.142 e. The van der Waals surface area contributed by atoms with Crippen LogP contribution in [-0.2, 0) is 0 Å². The molecule has 106 valence electrons. The van der Waals surface area contributed by atoms with Gasteiger partial charge in [0.05, 0.1) is 18.3 Å². The predicted molar refractivity (Wildman–Crippen MR) is 85.7 cm³/mol. The maximum atomic E-state index is 6.24. The number of anilines is 1. The van der Waals surface area contributed by atoms with Crippen LogP contribution in [0.2, 0.25) is 5.02 Å². The van der Waals surface area contributed by atoms with Crippen LogP contribution >= 0.6 is 11.6 Å². The lowest BCUT2D eigenvalue weighted by atomic mass is 10.1. The number of hydrogen-bond donors (Lipinski definition) is 1. The van der Waals surface area contributed by atoms with Gasteiger partial charge in [-0.1, -0.05) is 48.9 Å². The molecule has 2 aromatic rings. The molecule has 0 aliphatic rings. The summed E-state index contributed by atoms with van der Waals surface area (Å²) in [5.74, 6) is 0.883. The molecule has 0 aromatic heterocycles. The summed E-state index contributed by atoms with van der Waals surface area (Å²) in [5.41, 5.74) is 2.08. The van der Waals surface area contributed by atoms with Crippen LogP contribution in [0.15, 0.2) is 48.5 Å². The summed E-state index contributed by atoms with van der Waals surface area (Å²) in [7, 11) is 0. The summed E-state index contributed by atoms with van der Waals surface area (Å²) >= 11 is 6.24. The maximum Gasteiger partial charge on any atom is 0.142 e. The van der Waals surface area contributed by atoms with Gasteiger partial charge in [-0.2, -0.15) is 0 Å². The van der Waals surface area contributed by atoms with Gasteiger partial charge in [0.1, 0.15) is 5.75 Å². The van der Waals surface area contributed by atoms with Crippen molar-refractivity contribution in [2.75, 3.05) is 11.9 Å². The van der Waals surface area contributed by atoms with Crippen LogP contribution in [0.5, 0.6) is 5.75 Å². The largest absolute Gasteiger partial charge is 0.491 e. The highest BCUT2D eigenvalue weighted by atomic mass is 35.5. The van der Waals surface area contributed by atoms with E-state index in [1.807, 2.05) is 48.5 Å². The van der Waals surface area contributed by atoms with E-state index in [-0.39, 0.29) is 6.04 Å². The molecule has 0 bridgehead atoms. The molecule has 1 unspecified atom stereocenters. The van der Waals surface area contributed by atoms with Crippen LogP contribution < -0.4 is 10.1 Å². The second-order valence-electron chi connectivity index (χ2n) is 4.73. The second kappa shape index (κ2) is 7.20. The molecule has 2 rings (SSSR count). The minimum absolute atomic E-state index is 0.120. The van der Waals surface area contributed by atoms with Crippen molar-refractivity contribution >= 4 is 17.3 Å². The summed E-state index contributed by atoms with van der Waals surface area (Å²) in [6, 6.07) is 16.0.